The van der Waals surface area contributed by atoms with Crippen molar-refractivity contribution >= 4 is 17.1 Å². The van der Waals surface area contributed by atoms with Crippen LogP contribution >= 0.6 is 0 Å². The molecule has 0 saturated carbocycles. The van der Waals surface area contributed by atoms with Crippen LogP contribution in [0.5, 0.6) is 0 Å². The molecule has 1 fully saturated rings. The van der Waals surface area contributed by atoms with Crippen molar-refractivity contribution in [3.8, 4) is 0 Å². The lowest BCUT2D eigenvalue weighted by Crippen LogP contribution is -2.35. The van der Waals surface area contributed by atoms with Crippen LogP contribution in [0.2, 0.25) is 0 Å². The third-order valence-electron chi connectivity index (χ3n) is 4.89. The molecular formula is C16H19N5O5. The zero-order valence-corrected chi connectivity index (χ0v) is 14.2. The molecule has 3 rings (SSSR count). The van der Waals surface area contributed by atoms with Crippen LogP contribution in [-0.2, 0) is 6.61 Å². The fourth-order valence-corrected chi connectivity index (χ4v) is 3.50. The highest BCUT2D eigenvalue weighted by Gasteiger charge is 2.35. The minimum Gasteiger partial charge on any atom is -0.392 e. The number of aliphatic hydroxyl groups excluding tert-OH is 1. The molecule has 0 amide bonds. The number of nitrogens with zero attached hydrogens (tertiary/aromatic N) is 5. The second-order valence-electron chi connectivity index (χ2n) is 6.28. The third kappa shape index (κ3) is 3.10. The van der Waals surface area contributed by atoms with Crippen molar-refractivity contribution < 1.29 is 15.0 Å². The number of rotatable bonds is 5. The molecule has 2 heterocycles. The van der Waals surface area contributed by atoms with Crippen LogP contribution in [0, 0.1) is 27.2 Å². The van der Waals surface area contributed by atoms with Crippen molar-refractivity contribution in [3.05, 3.63) is 56.1 Å². The second-order valence-corrected chi connectivity index (χ2v) is 6.28. The predicted octanol–water partition coefficient (Wildman–Crippen LogP) is 2.34. The summed E-state index contributed by atoms with van der Waals surface area (Å²) in [6.07, 6.45) is 6.69. The Kier molecular flexibility index (Phi) is 4.85. The lowest BCUT2D eigenvalue weighted by molar-refractivity contribution is -0.393. The minimum absolute atomic E-state index is 0.0266. The third-order valence-corrected chi connectivity index (χ3v) is 4.89. The average Bonchev–Trinajstić information content (AvgIpc) is 3.15. The summed E-state index contributed by atoms with van der Waals surface area (Å²) in [7, 11) is 0. The number of aromatic nitrogens is 2. The van der Waals surface area contributed by atoms with Gasteiger partial charge in [0.15, 0.2) is 5.69 Å². The van der Waals surface area contributed by atoms with E-state index in [0.717, 1.165) is 0 Å². The number of aliphatic hydroxyl groups is 1. The molecule has 1 saturated heterocycles. The van der Waals surface area contributed by atoms with E-state index in [9.17, 15) is 25.3 Å². The summed E-state index contributed by atoms with van der Waals surface area (Å²) >= 11 is 0. The number of hydrogen-bond acceptors (Lipinski definition) is 7. The van der Waals surface area contributed by atoms with E-state index in [-0.39, 0.29) is 34.2 Å². The maximum atomic E-state index is 11.6. The minimum atomic E-state index is -0.622. The molecule has 1 aromatic carbocycles. The summed E-state index contributed by atoms with van der Waals surface area (Å²) in [5, 5.41) is 32.6. The molecular weight excluding hydrogens is 342 g/mol. The summed E-state index contributed by atoms with van der Waals surface area (Å²) in [6.45, 7) is 1.94. The number of hydrogen-bond donors (Lipinski definition) is 1. The van der Waals surface area contributed by atoms with Gasteiger partial charge in [0.1, 0.15) is 0 Å². The Balaban J connectivity index is 2.00. The molecule has 1 aliphatic heterocycles. The van der Waals surface area contributed by atoms with E-state index >= 15 is 0 Å². The lowest BCUT2D eigenvalue weighted by Gasteiger charge is -2.33. The molecule has 1 aromatic heterocycles. The van der Waals surface area contributed by atoms with Crippen LogP contribution < -0.4 is 4.90 Å². The predicted molar refractivity (Wildman–Crippen MR) is 93.1 cm³/mol. The highest BCUT2D eigenvalue weighted by atomic mass is 16.6. The first-order valence-corrected chi connectivity index (χ1v) is 8.22. The van der Waals surface area contributed by atoms with Gasteiger partial charge in [-0.25, -0.2) is 4.98 Å². The lowest BCUT2D eigenvalue weighted by atomic mass is 9.99. The van der Waals surface area contributed by atoms with Gasteiger partial charge in [-0.15, -0.1) is 0 Å². The Labute approximate surface area is 149 Å². The largest absolute Gasteiger partial charge is 0.392 e. The molecule has 0 bridgehead atoms. The average molecular weight is 361 g/mol. The molecule has 0 atom stereocenters. The van der Waals surface area contributed by atoms with Gasteiger partial charge in [-0.3, -0.25) is 20.2 Å². The first-order chi connectivity index (χ1) is 12.4. The molecule has 1 aliphatic rings. The molecule has 26 heavy (non-hydrogen) atoms. The summed E-state index contributed by atoms with van der Waals surface area (Å²) in [5.41, 5.74) is -0.161. The van der Waals surface area contributed by atoms with Gasteiger partial charge in [-0.2, -0.15) is 0 Å². The van der Waals surface area contributed by atoms with Crippen molar-refractivity contribution in [2.75, 3.05) is 18.0 Å². The van der Waals surface area contributed by atoms with E-state index in [2.05, 4.69) is 4.98 Å². The molecule has 0 unspecified atom stereocenters. The van der Waals surface area contributed by atoms with E-state index in [4.69, 9.17) is 0 Å². The topological polar surface area (TPSA) is 128 Å². The smallest absolute Gasteiger partial charge is 0.302 e. The van der Waals surface area contributed by atoms with Crippen molar-refractivity contribution in [2.45, 2.75) is 32.4 Å². The number of benzene rings is 1. The van der Waals surface area contributed by atoms with Gasteiger partial charge < -0.3 is 14.6 Å². The summed E-state index contributed by atoms with van der Waals surface area (Å²) in [6, 6.07) is 1.45. The van der Waals surface area contributed by atoms with Crippen molar-refractivity contribution in [2.24, 2.45) is 0 Å². The molecule has 2 aromatic rings. The van der Waals surface area contributed by atoms with E-state index < -0.39 is 16.5 Å². The Hall–Kier alpha value is -3.01. The fourth-order valence-electron chi connectivity index (χ4n) is 3.50. The molecule has 0 radical (unpaired) electrons. The molecule has 1 N–H and O–H groups in total. The quantitative estimate of drug-likeness (QED) is 0.639. The number of nitro benzene ring substituents is 2. The van der Waals surface area contributed by atoms with Gasteiger partial charge in [-0.1, -0.05) is 0 Å². The molecule has 10 nitrogen and oxygen atoms in total. The van der Waals surface area contributed by atoms with E-state index in [1.165, 1.54) is 13.0 Å². The van der Waals surface area contributed by atoms with Crippen LogP contribution in [0.3, 0.4) is 0 Å². The highest BCUT2D eigenvalue weighted by Crippen LogP contribution is 2.43. The molecule has 138 valence electrons. The van der Waals surface area contributed by atoms with Crippen LogP contribution in [-0.4, -0.2) is 37.6 Å². The van der Waals surface area contributed by atoms with Gasteiger partial charge in [0.05, 0.1) is 22.8 Å². The molecule has 10 heteroatoms. The van der Waals surface area contributed by atoms with Gasteiger partial charge >= 0.3 is 5.69 Å². The van der Waals surface area contributed by atoms with Crippen LogP contribution in [0.4, 0.5) is 17.1 Å². The Morgan fingerprint density at radius 3 is 2.46 bits per heavy atom. The van der Waals surface area contributed by atoms with E-state index in [0.29, 0.717) is 25.9 Å². The maximum absolute atomic E-state index is 11.6. The van der Waals surface area contributed by atoms with Crippen molar-refractivity contribution in [1.82, 2.24) is 9.55 Å². The Morgan fingerprint density at radius 2 is 1.96 bits per heavy atom. The van der Waals surface area contributed by atoms with Gasteiger partial charge in [0, 0.05) is 43.2 Å². The Morgan fingerprint density at radius 1 is 1.27 bits per heavy atom. The summed E-state index contributed by atoms with van der Waals surface area (Å²) < 4.78 is 1.99. The highest BCUT2D eigenvalue weighted by molar-refractivity contribution is 5.79. The first kappa shape index (κ1) is 17.8. The standard InChI is InChI=1S/C16H19N5O5/c1-11-12(9-22)8-14(20(23)24)16(15(11)21(25)26)18-5-2-13(3-6-18)19-7-4-17-10-19/h4,7-8,10,13,22H,2-3,5-6,9H2,1H3. The summed E-state index contributed by atoms with van der Waals surface area (Å²) in [5.74, 6) is 0. The molecule has 0 aliphatic carbocycles. The monoisotopic (exact) mass is 361 g/mol. The maximum Gasteiger partial charge on any atom is 0.302 e. The number of nitro groups is 2. The van der Waals surface area contributed by atoms with Gasteiger partial charge in [0.2, 0.25) is 0 Å². The number of imidazole rings is 1. The Bertz CT molecular complexity index is 828. The second kappa shape index (κ2) is 7.08. The van der Waals surface area contributed by atoms with E-state index in [1.54, 1.807) is 17.4 Å². The van der Waals surface area contributed by atoms with E-state index in [1.807, 2.05) is 10.8 Å². The first-order valence-electron chi connectivity index (χ1n) is 8.22. The van der Waals surface area contributed by atoms with Crippen molar-refractivity contribution in [3.63, 3.8) is 0 Å². The number of piperidine rings is 1. The van der Waals surface area contributed by atoms with Crippen LogP contribution in [0.1, 0.15) is 30.0 Å². The zero-order chi connectivity index (χ0) is 18.8. The van der Waals surface area contributed by atoms with Gasteiger partial charge in [0.25, 0.3) is 5.69 Å². The number of anilines is 1. The van der Waals surface area contributed by atoms with Crippen LogP contribution in [0.15, 0.2) is 24.8 Å². The summed E-state index contributed by atoms with van der Waals surface area (Å²) in [4.78, 5) is 27.7. The normalized spacial score (nSPS) is 15.2. The zero-order valence-electron chi connectivity index (χ0n) is 14.2. The van der Waals surface area contributed by atoms with Crippen LogP contribution in [0.25, 0.3) is 0 Å². The fraction of sp³-hybridized carbons (Fsp3) is 0.438. The SMILES string of the molecule is Cc1c(CO)cc([N+](=O)[O-])c(N2CCC(n3ccnc3)CC2)c1[N+](=O)[O-]. The van der Waals surface area contributed by atoms with Gasteiger partial charge in [-0.05, 0) is 25.3 Å². The van der Waals surface area contributed by atoms with Crippen molar-refractivity contribution in [1.29, 1.82) is 0 Å². The molecule has 0 spiro atoms.